The van der Waals surface area contributed by atoms with Crippen molar-refractivity contribution in [1.82, 2.24) is 10.0 Å². The highest BCUT2D eigenvalue weighted by Gasteiger charge is 2.14. The van der Waals surface area contributed by atoms with Crippen molar-refractivity contribution in [2.75, 3.05) is 20.3 Å². The van der Waals surface area contributed by atoms with E-state index in [2.05, 4.69) is 10.0 Å². The smallest absolute Gasteiger partial charge is 0.251 e. The highest BCUT2D eigenvalue weighted by molar-refractivity contribution is 7.89. The van der Waals surface area contributed by atoms with Crippen LogP contribution in [-0.4, -0.2) is 34.6 Å². The van der Waals surface area contributed by atoms with Gasteiger partial charge in [-0.1, -0.05) is 29.8 Å². The molecule has 2 aromatic rings. The average Bonchev–Trinajstić information content (AvgIpc) is 2.61. The van der Waals surface area contributed by atoms with Crippen molar-refractivity contribution in [3.63, 3.8) is 0 Å². The maximum atomic E-state index is 12.3. The fraction of sp³-hybridized carbons (Fsp3) is 0.278. The SMILES string of the molecule is COCCNC(=O)c1ccc(S(=O)(=O)NCc2ccc(C)cc2)cc1. The second-order valence-electron chi connectivity index (χ2n) is 5.58. The van der Waals surface area contributed by atoms with Gasteiger partial charge in [-0.15, -0.1) is 0 Å². The van der Waals surface area contributed by atoms with Gasteiger partial charge in [-0.3, -0.25) is 4.79 Å². The Morgan fingerprint density at radius 2 is 1.68 bits per heavy atom. The third kappa shape index (κ3) is 5.67. The highest BCUT2D eigenvalue weighted by Crippen LogP contribution is 2.12. The van der Waals surface area contributed by atoms with E-state index < -0.39 is 10.0 Å². The van der Waals surface area contributed by atoms with Crippen molar-refractivity contribution in [1.29, 1.82) is 0 Å². The molecule has 7 heteroatoms. The molecule has 2 rings (SSSR count). The van der Waals surface area contributed by atoms with Gasteiger partial charge in [0, 0.05) is 25.8 Å². The van der Waals surface area contributed by atoms with E-state index in [0.29, 0.717) is 18.7 Å². The number of hydrogen-bond donors (Lipinski definition) is 2. The van der Waals surface area contributed by atoms with Crippen LogP contribution >= 0.6 is 0 Å². The van der Waals surface area contributed by atoms with Gasteiger partial charge in [-0.25, -0.2) is 13.1 Å². The summed E-state index contributed by atoms with van der Waals surface area (Å²) >= 11 is 0. The third-order valence-corrected chi connectivity index (χ3v) is 5.02. The van der Waals surface area contributed by atoms with Gasteiger partial charge in [0.25, 0.3) is 5.91 Å². The zero-order chi connectivity index (χ0) is 18.3. The van der Waals surface area contributed by atoms with Gasteiger partial charge in [0.2, 0.25) is 10.0 Å². The van der Waals surface area contributed by atoms with Crippen molar-refractivity contribution >= 4 is 15.9 Å². The molecule has 0 atom stereocenters. The third-order valence-electron chi connectivity index (χ3n) is 3.61. The van der Waals surface area contributed by atoms with Crippen LogP contribution in [0.3, 0.4) is 0 Å². The lowest BCUT2D eigenvalue weighted by atomic mass is 10.2. The molecular formula is C18H22N2O4S. The van der Waals surface area contributed by atoms with Gasteiger partial charge in [0.15, 0.2) is 0 Å². The van der Waals surface area contributed by atoms with Crippen molar-refractivity contribution in [3.05, 3.63) is 65.2 Å². The maximum Gasteiger partial charge on any atom is 0.251 e. The zero-order valence-electron chi connectivity index (χ0n) is 14.3. The van der Waals surface area contributed by atoms with E-state index in [0.717, 1.165) is 11.1 Å². The molecule has 2 aromatic carbocycles. The molecule has 0 heterocycles. The molecule has 1 amide bonds. The molecule has 0 radical (unpaired) electrons. The van der Waals surface area contributed by atoms with Crippen molar-refractivity contribution in [3.8, 4) is 0 Å². The first-order valence-electron chi connectivity index (χ1n) is 7.85. The molecule has 25 heavy (non-hydrogen) atoms. The summed E-state index contributed by atoms with van der Waals surface area (Å²) in [5, 5.41) is 2.68. The fourth-order valence-electron chi connectivity index (χ4n) is 2.12. The van der Waals surface area contributed by atoms with E-state index in [1.54, 1.807) is 7.11 Å². The lowest BCUT2D eigenvalue weighted by Crippen LogP contribution is -2.27. The Labute approximate surface area is 148 Å². The number of benzene rings is 2. The predicted octanol–water partition coefficient (Wildman–Crippen LogP) is 1.85. The summed E-state index contributed by atoms with van der Waals surface area (Å²) in [6.45, 7) is 3.00. The fourth-order valence-corrected chi connectivity index (χ4v) is 3.14. The number of methoxy groups -OCH3 is 1. The average molecular weight is 362 g/mol. The van der Waals surface area contributed by atoms with Crippen LogP contribution in [0.5, 0.6) is 0 Å². The number of amides is 1. The normalized spacial score (nSPS) is 11.3. The second-order valence-corrected chi connectivity index (χ2v) is 7.35. The van der Waals surface area contributed by atoms with E-state index in [-0.39, 0.29) is 17.3 Å². The van der Waals surface area contributed by atoms with Crippen LogP contribution in [-0.2, 0) is 21.3 Å². The van der Waals surface area contributed by atoms with Gasteiger partial charge >= 0.3 is 0 Å². The molecule has 6 nitrogen and oxygen atoms in total. The molecule has 2 N–H and O–H groups in total. The molecule has 0 aliphatic heterocycles. The minimum atomic E-state index is -3.63. The molecule has 0 bridgehead atoms. The summed E-state index contributed by atoms with van der Waals surface area (Å²) < 4.78 is 32.1. The number of carbonyl (C=O) groups is 1. The Bertz CT molecular complexity index is 800. The number of ether oxygens (including phenoxy) is 1. The summed E-state index contributed by atoms with van der Waals surface area (Å²) in [6, 6.07) is 13.4. The van der Waals surface area contributed by atoms with E-state index in [9.17, 15) is 13.2 Å². The largest absolute Gasteiger partial charge is 0.383 e. The number of aryl methyl sites for hydroxylation is 1. The van der Waals surface area contributed by atoms with Crippen LogP contribution in [0.1, 0.15) is 21.5 Å². The Morgan fingerprint density at radius 3 is 2.28 bits per heavy atom. The lowest BCUT2D eigenvalue weighted by Gasteiger charge is -2.08. The van der Waals surface area contributed by atoms with Gasteiger partial charge in [0.05, 0.1) is 11.5 Å². The number of hydrogen-bond acceptors (Lipinski definition) is 4. The van der Waals surface area contributed by atoms with E-state index in [4.69, 9.17) is 4.74 Å². The predicted molar refractivity (Wildman–Crippen MR) is 95.9 cm³/mol. The van der Waals surface area contributed by atoms with Crippen LogP contribution in [0.2, 0.25) is 0 Å². The van der Waals surface area contributed by atoms with Crippen molar-refractivity contribution in [2.24, 2.45) is 0 Å². The molecule has 0 spiro atoms. The number of rotatable bonds is 8. The number of sulfonamides is 1. The minimum absolute atomic E-state index is 0.119. The summed E-state index contributed by atoms with van der Waals surface area (Å²) in [5.74, 6) is -0.270. The Kier molecular flexibility index (Phi) is 6.69. The quantitative estimate of drug-likeness (QED) is 0.702. The van der Waals surface area contributed by atoms with Gasteiger partial charge in [-0.05, 0) is 36.8 Å². The first-order valence-corrected chi connectivity index (χ1v) is 9.33. The molecule has 0 saturated carbocycles. The van der Waals surface area contributed by atoms with Crippen molar-refractivity contribution < 1.29 is 17.9 Å². The molecule has 0 aliphatic rings. The van der Waals surface area contributed by atoms with E-state index >= 15 is 0 Å². The highest BCUT2D eigenvalue weighted by atomic mass is 32.2. The van der Waals surface area contributed by atoms with Gasteiger partial charge < -0.3 is 10.1 Å². The number of nitrogens with one attached hydrogen (secondary N) is 2. The van der Waals surface area contributed by atoms with Crippen LogP contribution in [0, 0.1) is 6.92 Å². The molecular weight excluding hydrogens is 340 g/mol. The van der Waals surface area contributed by atoms with Crippen LogP contribution in [0.25, 0.3) is 0 Å². The molecule has 134 valence electrons. The summed E-state index contributed by atoms with van der Waals surface area (Å²) in [5.41, 5.74) is 2.39. The van der Waals surface area contributed by atoms with Gasteiger partial charge in [0.1, 0.15) is 0 Å². The molecule has 0 aliphatic carbocycles. The van der Waals surface area contributed by atoms with Crippen LogP contribution in [0.15, 0.2) is 53.4 Å². The monoisotopic (exact) mass is 362 g/mol. The Hall–Kier alpha value is -2.22. The topological polar surface area (TPSA) is 84.5 Å². The van der Waals surface area contributed by atoms with Crippen LogP contribution < -0.4 is 10.0 Å². The molecule has 0 aromatic heterocycles. The zero-order valence-corrected chi connectivity index (χ0v) is 15.1. The summed E-state index contributed by atoms with van der Waals surface area (Å²) in [4.78, 5) is 12.0. The van der Waals surface area contributed by atoms with E-state index in [1.165, 1.54) is 24.3 Å². The Morgan fingerprint density at radius 1 is 1.04 bits per heavy atom. The number of carbonyl (C=O) groups excluding carboxylic acids is 1. The minimum Gasteiger partial charge on any atom is -0.383 e. The standard InChI is InChI=1S/C18H22N2O4S/c1-14-3-5-15(6-4-14)13-20-25(22,23)17-9-7-16(8-10-17)18(21)19-11-12-24-2/h3-10,20H,11-13H2,1-2H3,(H,19,21). The van der Waals surface area contributed by atoms with E-state index in [1.807, 2.05) is 31.2 Å². The van der Waals surface area contributed by atoms with Gasteiger partial charge in [-0.2, -0.15) is 0 Å². The molecule has 0 unspecified atom stereocenters. The lowest BCUT2D eigenvalue weighted by molar-refractivity contribution is 0.0937. The second kappa shape index (κ2) is 8.75. The summed E-state index contributed by atoms with van der Waals surface area (Å²) in [6.07, 6.45) is 0. The van der Waals surface area contributed by atoms with Crippen LogP contribution in [0.4, 0.5) is 0 Å². The van der Waals surface area contributed by atoms with Crippen molar-refractivity contribution in [2.45, 2.75) is 18.4 Å². The molecule has 0 fully saturated rings. The maximum absolute atomic E-state index is 12.3. The first-order chi connectivity index (χ1) is 11.9. The first kappa shape index (κ1) is 19.1. The summed E-state index contributed by atoms with van der Waals surface area (Å²) in [7, 11) is -2.08. The molecule has 0 saturated heterocycles. The Balaban J connectivity index is 1.99.